The van der Waals surface area contributed by atoms with Gasteiger partial charge in [0.15, 0.2) is 0 Å². The summed E-state index contributed by atoms with van der Waals surface area (Å²) in [5.41, 5.74) is 0.502. The van der Waals surface area contributed by atoms with Crippen molar-refractivity contribution in [1.82, 2.24) is 5.32 Å². The van der Waals surface area contributed by atoms with Gasteiger partial charge in [-0.05, 0) is 37.3 Å². The summed E-state index contributed by atoms with van der Waals surface area (Å²) in [5, 5.41) is 13.4. The molecule has 11 heteroatoms. The van der Waals surface area contributed by atoms with Gasteiger partial charge < -0.3 is 4.42 Å². The molecule has 1 aromatic heterocycles. The predicted octanol–water partition coefficient (Wildman–Crippen LogP) is 5.14. The number of benzene rings is 2. The van der Waals surface area contributed by atoms with Crippen LogP contribution in [0.5, 0.6) is 0 Å². The molecule has 4 amide bonds. The number of aryl methyl sites for hydroxylation is 1. The second-order valence-corrected chi connectivity index (χ2v) is 7.78. The minimum absolute atomic E-state index is 0.0113. The maximum Gasteiger partial charge on any atom is 0.336 e. The van der Waals surface area contributed by atoms with Crippen molar-refractivity contribution in [2.75, 3.05) is 4.90 Å². The van der Waals surface area contributed by atoms with Gasteiger partial charge in [-0.1, -0.05) is 41.4 Å². The number of anilines is 1. The van der Waals surface area contributed by atoms with E-state index in [0.29, 0.717) is 21.8 Å². The van der Waals surface area contributed by atoms with Crippen LogP contribution in [0.25, 0.3) is 17.4 Å². The van der Waals surface area contributed by atoms with E-state index in [1.165, 1.54) is 36.4 Å². The standard InChI is InChI=1S/C22H13Cl2N3O6/c1-11-5-6-12(9-17(11)27(31)32)18-8-7-13(33-18)10-14-20(28)25-22(30)26(21(14)29)16-4-2-3-15(23)19(16)24/h2-10H,1H3,(H,25,28,30). The van der Waals surface area contributed by atoms with E-state index in [0.717, 1.165) is 0 Å². The molecule has 0 spiro atoms. The number of carbonyl (C=O) groups excluding carboxylic acids is 3. The molecule has 1 saturated heterocycles. The van der Waals surface area contributed by atoms with Crippen LogP contribution in [0.2, 0.25) is 10.0 Å². The number of furan rings is 1. The van der Waals surface area contributed by atoms with Crippen LogP contribution in [0.3, 0.4) is 0 Å². The summed E-state index contributed by atoms with van der Waals surface area (Å²) in [4.78, 5) is 49.1. The minimum atomic E-state index is -0.974. The molecule has 1 fully saturated rings. The molecule has 1 N–H and O–H groups in total. The average Bonchev–Trinajstić information content (AvgIpc) is 3.23. The predicted molar refractivity (Wildman–Crippen MR) is 121 cm³/mol. The monoisotopic (exact) mass is 485 g/mol. The molecule has 0 aliphatic carbocycles. The fourth-order valence-electron chi connectivity index (χ4n) is 3.23. The summed E-state index contributed by atoms with van der Waals surface area (Å²) in [5.74, 6) is -1.42. The summed E-state index contributed by atoms with van der Waals surface area (Å²) >= 11 is 12.1. The fraction of sp³-hybridized carbons (Fsp3) is 0.0455. The van der Waals surface area contributed by atoms with E-state index in [4.69, 9.17) is 27.6 Å². The number of imide groups is 2. The number of hydrogen-bond donors (Lipinski definition) is 1. The molecule has 4 rings (SSSR count). The maximum absolute atomic E-state index is 13.0. The van der Waals surface area contributed by atoms with Crippen molar-refractivity contribution in [3.8, 4) is 11.3 Å². The lowest BCUT2D eigenvalue weighted by Gasteiger charge is -2.27. The van der Waals surface area contributed by atoms with Gasteiger partial charge in [-0.2, -0.15) is 0 Å². The number of barbiturate groups is 1. The van der Waals surface area contributed by atoms with E-state index in [9.17, 15) is 24.5 Å². The van der Waals surface area contributed by atoms with Gasteiger partial charge in [0.1, 0.15) is 17.1 Å². The number of nitro benzene ring substituents is 1. The largest absolute Gasteiger partial charge is 0.457 e. The lowest BCUT2D eigenvalue weighted by atomic mass is 10.1. The van der Waals surface area contributed by atoms with Crippen molar-refractivity contribution < 1.29 is 23.7 Å². The molecule has 33 heavy (non-hydrogen) atoms. The average molecular weight is 486 g/mol. The van der Waals surface area contributed by atoms with Gasteiger partial charge in [-0.15, -0.1) is 0 Å². The highest BCUT2D eigenvalue weighted by atomic mass is 35.5. The van der Waals surface area contributed by atoms with E-state index in [1.54, 1.807) is 25.1 Å². The van der Waals surface area contributed by atoms with Gasteiger partial charge in [0.25, 0.3) is 17.5 Å². The summed E-state index contributed by atoms with van der Waals surface area (Å²) < 4.78 is 5.67. The Balaban J connectivity index is 1.70. The number of carbonyl (C=O) groups is 3. The Bertz CT molecular complexity index is 1380. The first-order valence-electron chi connectivity index (χ1n) is 9.38. The summed E-state index contributed by atoms with van der Waals surface area (Å²) in [6, 6.07) is 11.1. The Labute approximate surface area is 196 Å². The Morgan fingerprint density at radius 1 is 1.09 bits per heavy atom. The fourth-order valence-corrected chi connectivity index (χ4v) is 3.61. The lowest BCUT2D eigenvalue weighted by Crippen LogP contribution is -2.54. The highest BCUT2D eigenvalue weighted by Gasteiger charge is 2.38. The maximum atomic E-state index is 13.0. The third-order valence-electron chi connectivity index (χ3n) is 4.88. The molecule has 0 radical (unpaired) electrons. The lowest BCUT2D eigenvalue weighted by molar-refractivity contribution is -0.385. The number of hydrogen-bond acceptors (Lipinski definition) is 6. The van der Waals surface area contributed by atoms with Gasteiger partial charge in [0.2, 0.25) is 0 Å². The third-order valence-corrected chi connectivity index (χ3v) is 5.69. The van der Waals surface area contributed by atoms with Gasteiger partial charge in [0, 0.05) is 17.2 Å². The highest BCUT2D eigenvalue weighted by molar-refractivity contribution is 6.46. The normalized spacial score (nSPS) is 15.2. The molecule has 2 aromatic carbocycles. The molecule has 1 aliphatic rings. The summed E-state index contributed by atoms with van der Waals surface area (Å²) in [7, 11) is 0. The first kappa shape index (κ1) is 22.3. The Hall–Kier alpha value is -3.95. The third kappa shape index (κ3) is 4.11. The van der Waals surface area contributed by atoms with Crippen molar-refractivity contribution in [3.63, 3.8) is 0 Å². The van der Waals surface area contributed by atoms with Crippen molar-refractivity contribution in [3.05, 3.63) is 85.6 Å². The van der Waals surface area contributed by atoms with Gasteiger partial charge >= 0.3 is 6.03 Å². The summed E-state index contributed by atoms with van der Waals surface area (Å²) in [6.45, 7) is 1.62. The first-order valence-corrected chi connectivity index (χ1v) is 10.1. The molecule has 1 aliphatic heterocycles. The van der Waals surface area contributed by atoms with E-state index >= 15 is 0 Å². The Kier molecular flexibility index (Phi) is 5.75. The minimum Gasteiger partial charge on any atom is -0.457 e. The Morgan fingerprint density at radius 2 is 1.85 bits per heavy atom. The van der Waals surface area contributed by atoms with Crippen molar-refractivity contribution in [2.24, 2.45) is 0 Å². The van der Waals surface area contributed by atoms with Crippen LogP contribution < -0.4 is 10.2 Å². The molecule has 3 aromatic rings. The van der Waals surface area contributed by atoms with Crippen molar-refractivity contribution >= 4 is 58.5 Å². The number of amides is 4. The number of rotatable bonds is 4. The number of nitrogens with one attached hydrogen (secondary N) is 1. The van der Waals surface area contributed by atoms with E-state index in [-0.39, 0.29) is 32.8 Å². The first-order chi connectivity index (χ1) is 15.7. The zero-order valence-corrected chi connectivity index (χ0v) is 18.3. The zero-order valence-electron chi connectivity index (χ0n) is 16.8. The van der Waals surface area contributed by atoms with E-state index < -0.39 is 22.8 Å². The number of nitrogens with zero attached hydrogens (tertiary/aromatic N) is 2. The molecular formula is C22H13Cl2N3O6. The quantitative estimate of drug-likeness (QED) is 0.236. The molecule has 0 atom stereocenters. The van der Waals surface area contributed by atoms with Crippen molar-refractivity contribution in [1.29, 1.82) is 0 Å². The van der Waals surface area contributed by atoms with Gasteiger partial charge in [0.05, 0.1) is 20.7 Å². The zero-order chi connectivity index (χ0) is 23.9. The molecule has 2 heterocycles. The number of urea groups is 1. The SMILES string of the molecule is Cc1ccc(-c2ccc(C=C3C(=O)NC(=O)N(c4cccc(Cl)c4Cl)C3=O)o2)cc1[N+](=O)[O-]. The van der Waals surface area contributed by atoms with E-state index in [2.05, 4.69) is 5.32 Å². The van der Waals surface area contributed by atoms with Crippen LogP contribution in [-0.4, -0.2) is 22.8 Å². The topological polar surface area (TPSA) is 123 Å². The molecule has 166 valence electrons. The van der Waals surface area contributed by atoms with Crippen LogP contribution in [0.4, 0.5) is 16.2 Å². The highest BCUT2D eigenvalue weighted by Crippen LogP contribution is 2.35. The molecular weight excluding hydrogens is 473 g/mol. The second-order valence-electron chi connectivity index (χ2n) is 6.99. The van der Waals surface area contributed by atoms with Crippen LogP contribution in [0.1, 0.15) is 11.3 Å². The molecule has 0 bridgehead atoms. The number of halogens is 2. The van der Waals surface area contributed by atoms with Crippen molar-refractivity contribution in [2.45, 2.75) is 6.92 Å². The van der Waals surface area contributed by atoms with Crippen LogP contribution in [0.15, 0.2) is 58.5 Å². The number of nitro groups is 1. The molecule has 0 saturated carbocycles. The molecule has 9 nitrogen and oxygen atoms in total. The van der Waals surface area contributed by atoms with Gasteiger partial charge in [-0.3, -0.25) is 25.0 Å². The Morgan fingerprint density at radius 3 is 2.58 bits per heavy atom. The summed E-state index contributed by atoms with van der Waals surface area (Å²) in [6.07, 6.45) is 1.17. The smallest absolute Gasteiger partial charge is 0.336 e. The van der Waals surface area contributed by atoms with Crippen LogP contribution >= 0.6 is 23.2 Å². The van der Waals surface area contributed by atoms with Gasteiger partial charge in [-0.25, -0.2) is 9.69 Å². The van der Waals surface area contributed by atoms with E-state index in [1.807, 2.05) is 0 Å². The van der Waals surface area contributed by atoms with Crippen LogP contribution in [0, 0.1) is 17.0 Å². The second kappa shape index (κ2) is 8.53. The van der Waals surface area contributed by atoms with Crippen LogP contribution in [-0.2, 0) is 9.59 Å². The molecule has 0 unspecified atom stereocenters.